The van der Waals surface area contributed by atoms with Gasteiger partial charge in [-0.15, -0.1) is 0 Å². The Morgan fingerprint density at radius 3 is 2.59 bits per heavy atom. The lowest BCUT2D eigenvalue weighted by molar-refractivity contribution is 0.0355. The number of halogens is 1. The summed E-state index contributed by atoms with van der Waals surface area (Å²) in [4.78, 5) is 2.55. The van der Waals surface area contributed by atoms with Crippen LogP contribution in [0.3, 0.4) is 0 Å². The Hall–Kier alpha value is -0.380. The van der Waals surface area contributed by atoms with Crippen LogP contribution in [-0.4, -0.2) is 37.7 Å². The third-order valence-electron chi connectivity index (χ3n) is 3.82. The van der Waals surface area contributed by atoms with Crippen molar-refractivity contribution in [2.24, 2.45) is 5.92 Å². The number of hydrogen-bond acceptors (Lipinski definition) is 2. The first-order valence-corrected chi connectivity index (χ1v) is 7.18. The van der Waals surface area contributed by atoms with Gasteiger partial charge in [-0.1, -0.05) is 28.1 Å². The van der Waals surface area contributed by atoms with Gasteiger partial charge in [0.1, 0.15) is 0 Å². The standard InChI is InChI=1S/C14H18BrNO/c15-13-3-1-11(2-4-13)14-9-12(14)10-16-5-7-17-8-6-16/h1-4,12,14H,5-10H2/t12-,14+/m0/s1. The molecule has 1 aromatic rings. The molecule has 1 aliphatic carbocycles. The molecule has 0 N–H and O–H groups in total. The summed E-state index contributed by atoms with van der Waals surface area (Å²) in [5, 5.41) is 0. The topological polar surface area (TPSA) is 12.5 Å². The third-order valence-corrected chi connectivity index (χ3v) is 4.35. The molecule has 0 spiro atoms. The van der Waals surface area contributed by atoms with Crippen LogP contribution in [0.25, 0.3) is 0 Å². The maximum atomic E-state index is 5.38. The van der Waals surface area contributed by atoms with E-state index >= 15 is 0 Å². The lowest BCUT2D eigenvalue weighted by Crippen LogP contribution is -2.37. The minimum absolute atomic E-state index is 0.797. The molecule has 2 nitrogen and oxygen atoms in total. The second kappa shape index (κ2) is 5.09. The SMILES string of the molecule is Brc1ccc([C@H]2C[C@H]2CN2CCOCC2)cc1. The van der Waals surface area contributed by atoms with Crippen molar-refractivity contribution in [3.05, 3.63) is 34.3 Å². The van der Waals surface area contributed by atoms with Crippen molar-refractivity contribution in [3.8, 4) is 0 Å². The fourth-order valence-corrected chi connectivity index (χ4v) is 2.95. The van der Waals surface area contributed by atoms with Crippen LogP contribution in [0.15, 0.2) is 28.7 Å². The average Bonchev–Trinajstić information content (AvgIpc) is 3.11. The van der Waals surface area contributed by atoms with E-state index in [9.17, 15) is 0 Å². The molecule has 1 aromatic carbocycles. The number of hydrogen-bond donors (Lipinski definition) is 0. The first kappa shape index (κ1) is 11.7. The van der Waals surface area contributed by atoms with Crippen LogP contribution in [-0.2, 0) is 4.74 Å². The Morgan fingerprint density at radius 2 is 1.88 bits per heavy atom. The predicted molar refractivity (Wildman–Crippen MR) is 72.2 cm³/mol. The molecule has 0 radical (unpaired) electrons. The van der Waals surface area contributed by atoms with Crippen molar-refractivity contribution in [1.29, 1.82) is 0 Å². The molecular formula is C14H18BrNO. The van der Waals surface area contributed by atoms with Gasteiger partial charge >= 0.3 is 0 Å². The average molecular weight is 296 g/mol. The molecule has 0 bridgehead atoms. The van der Waals surface area contributed by atoms with E-state index in [1.807, 2.05) is 0 Å². The number of benzene rings is 1. The van der Waals surface area contributed by atoms with E-state index in [-0.39, 0.29) is 0 Å². The molecule has 2 fully saturated rings. The van der Waals surface area contributed by atoms with Crippen LogP contribution in [0.2, 0.25) is 0 Å². The fraction of sp³-hybridized carbons (Fsp3) is 0.571. The van der Waals surface area contributed by atoms with E-state index in [0.717, 1.165) is 38.1 Å². The third kappa shape index (κ3) is 2.90. The van der Waals surface area contributed by atoms with Crippen LogP contribution in [0, 0.1) is 5.92 Å². The zero-order chi connectivity index (χ0) is 11.7. The van der Waals surface area contributed by atoms with E-state index in [1.54, 1.807) is 0 Å². The molecule has 1 heterocycles. The number of rotatable bonds is 3. The molecule has 0 unspecified atom stereocenters. The number of morpholine rings is 1. The van der Waals surface area contributed by atoms with Gasteiger partial charge in [0, 0.05) is 24.1 Å². The van der Waals surface area contributed by atoms with E-state index in [0.29, 0.717) is 0 Å². The maximum Gasteiger partial charge on any atom is 0.0594 e. The lowest BCUT2D eigenvalue weighted by atomic mass is 10.1. The molecule has 1 saturated heterocycles. The van der Waals surface area contributed by atoms with E-state index in [2.05, 4.69) is 45.1 Å². The van der Waals surface area contributed by atoms with Crippen molar-refractivity contribution in [3.63, 3.8) is 0 Å². The van der Waals surface area contributed by atoms with Crippen LogP contribution in [0.5, 0.6) is 0 Å². The van der Waals surface area contributed by atoms with Crippen LogP contribution >= 0.6 is 15.9 Å². The molecule has 0 amide bonds. The lowest BCUT2D eigenvalue weighted by Gasteiger charge is -2.26. The van der Waals surface area contributed by atoms with Gasteiger partial charge in [0.2, 0.25) is 0 Å². The summed E-state index contributed by atoms with van der Waals surface area (Å²) in [6.45, 7) is 5.31. The summed E-state index contributed by atoms with van der Waals surface area (Å²) in [5.74, 6) is 1.67. The van der Waals surface area contributed by atoms with Gasteiger partial charge < -0.3 is 4.74 Å². The first-order valence-electron chi connectivity index (χ1n) is 6.38. The van der Waals surface area contributed by atoms with Gasteiger partial charge in [-0.2, -0.15) is 0 Å². The van der Waals surface area contributed by atoms with Crippen molar-refractivity contribution >= 4 is 15.9 Å². The predicted octanol–water partition coefficient (Wildman–Crippen LogP) is 2.88. The quantitative estimate of drug-likeness (QED) is 0.850. The number of ether oxygens (including phenoxy) is 1. The molecule has 1 saturated carbocycles. The molecule has 3 rings (SSSR count). The molecule has 2 aliphatic rings. The highest BCUT2D eigenvalue weighted by atomic mass is 79.9. The van der Waals surface area contributed by atoms with Gasteiger partial charge in [-0.05, 0) is 36.0 Å². The molecule has 3 heteroatoms. The van der Waals surface area contributed by atoms with Crippen LogP contribution in [0.4, 0.5) is 0 Å². The highest BCUT2D eigenvalue weighted by molar-refractivity contribution is 9.10. The van der Waals surface area contributed by atoms with Crippen LogP contribution < -0.4 is 0 Å². The normalized spacial score (nSPS) is 29.2. The van der Waals surface area contributed by atoms with Crippen molar-refractivity contribution in [1.82, 2.24) is 4.90 Å². The largest absolute Gasteiger partial charge is 0.379 e. The summed E-state index contributed by atoms with van der Waals surface area (Å²) in [6.07, 6.45) is 1.36. The Morgan fingerprint density at radius 1 is 1.18 bits per heavy atom. The van der Waals surface area contributed by atoms with Gasteiger partial charge in [-0.25, -0.2) is 0 Å². The summed E-state index contributed by atoms with van der Waals surface area (Å²) in [6, 6.07) is 8.82. The van der Waals surface area contributed by atoms with E-state index in [4.69, 9.17) is 4.74 Å². The molecule has 0 aromatic heterocycles. The Bertz CT molecular complexity index is 372. The van der Waals surface area contributed by atoms with Gasteiger partial charge in [0.25, 0.3) is 0 Å². The maximum absolute atomic E-state index is 5.38. The van der Waals surface area contributed by atoms with Gasteiger partial charge in [0.15, 0.2) is 0 Å². The number of nitrogens with zero attached hydrogens (tertiary/aromatic N) is 1. The van der Waals surface area contributed by atoms with Crippen molar-refractivity contribution in [2.45, 2.75) is 12.3 Å². The Labute approximate surface area is 111 Å². The molecule has 2 atom stereocenters. The monoisotopic (exact) mass is 295 g/mol. The Kier molecular flexibility index (Phi) is 3.50. The zero-order valence-corrected chi connectivity index (χ0v) is 11.5. The summed E-state index contributed by atoms with van der Waals surface area (Å²) in [5.41, 5.74) is 1.51. The highest BCUT2D eigenvalue weighted by Gasteiger charge is 2.39. The summed E-state index contributed by atoms with van der Waals surface area (Å²) < 4.78 is 6.55. The first-order chi connectivity index (χ1) is 8.33. The van der Waals surface area contributed by atoms with Gasteiger partial charge in [-0.3, -0.25) is 4.90 Å². The van der Waals surface area contributed by atoms with Crippen molar-refractivity contribution in [2.75, 3.05) is 32.8 Å². The van der Waals surface area contributed by atoms with Gasteiger partial charge in [0.05, 0.1) is 13.2 Å². The summed E-state index contributed by atoms with van der Waals surface area (Å²) in [7, 11) is 0. The summed E-state index contributed by atoms with van der Waals surface area (Å²) >= 11 is 3.49. The molecule has 17 heavy (non-hydrogen) atoms. The highest BCUT2D eigenvalue weighted by Crippen LogP contribution is 2.47. The molecular weight excluding hydrogens is 278 g/mol. The molecule has 1 aliphatic heterocycles. The zero-order valence-electron chi connectivity index (χ0n) is 9.94. The fourth-order valence-electron chi connectivity index (χ4n) is 2.68. The Balaban J connectivity index is 1.53. The van der Waals surface area contributed by atoms with E-state index < -0.39 is 0 Å². The minimum atomic E-state index is 0.797. The second-order valence-electron chi connectivity index (χ2n) is 5.07. The van der Waals surface area contributed by atoms with Crippen molar-refractivity contribution < 1.29 is 4.74 Å². The second-order valence-corrected chi connectivity index (χ2v) is 5.98. The van der Waals surface area contributed by atoms with Crippen LogP contribution in [0.1, 0.15) is 17.9 Å². The minimum Gasteiger partial charge on any atom is -0.379 e. The van der Waals surface area contributed by atoms with E-state index in [1.165, 1.54) is 23.0 Å². The smallest absolute Gasteiger partial charge is 0.0594 e. The molecule has 92 valence electrons.